The highest BCUT2D eigenvalue weighted by atomic mass is 16.5. The molecular formula is C15H23NO4. The molecule has 2 unspecified atom stereocenters. The second-order valence-electron chi connectivity index (χ2n) is 5.34. The average molecular weight is 281 g/mol. The summed E-state index contributed by atoms with van der Waals surface area (Å²) in [4.78, 5) is 11.8. The Hall–Kier alpha value is -1.75. The van der Waals surface area contributed by atoms with E-state index in [0.717, 1.165) is 0 Å². The van der Waals surface area contributed by atoms with Crippen LogP contribution in [0.4, 0.5) is 0 Å². The molecule has 1 aromatic carbocycles. The number of phenols is 2. The van der Waals surface area contributed by atoms with Gasteiger partial charge in [-0.15, -0.1) is 0 Å². The molecule has 0 aromatic heterocycles. The van der Waals surface area contributed by atoms with Gasteiger partial charge in [0.1, 0.15) is 17.5 Å². The number of ether oxygens (including phenoxy) is 1. The minimum absolute atomic E-state index is 0.0740. The molecule has 0 spiro atoms. The number of phenolic OH excluding ortho intramolecular Hbond substituents is 2. The number of hydrogen-bond donors (Lipinski definition) is 3. The van der Waals surface area contributed by atoms with Crippen LogP contribution < -0.4 is 5.32 Å². The van der Waals surface area contributed by atoms with Gasteiger partial charge < -0.3 is 14.9 Å². The molecule has 0 aliphatic rings. The Balaban J connectivity index is 2.86. The van der Waals surface area contributed by atoms with Crippen molar-refractivity contribution in [2.75, 3.05) is 7.11 Å². The van der Waals surface area contributed by atoms with Crippen LogP contribution in [0.5, 0.6) is 11.5 Å². The van der Waals surface area contributed by atoms with E-state index in [9.17, 15) is 15.0 Å². The Kier molecular flexibility index (Phi) is 5.82. The Bertz CT molecular complexity index is 459. The van der Waals surface area contributed by atoms with Gasteiger partial charge in [-0.1, -0.05) is 13.8 Å². The van der Waals surface area contributed by atoms with Gasteiger partial charge in [0.25, 0.3) is 0 Å². The van der Waals surface area contributed by atoms with Crippen LogP contribution in [-0.4, -0.2) is 29.3 Å². The highest BCUT2D eigenvalue weighted by Crippen LogP contribution is 2.28. The normalized spacial score (nSPS) is 14.1. The molecule has 0 saturated carbocycles. The Morgan fingerprint density at radius 2 is 1.95 bits per heavy atom. The molecule has 0 saturated heterocycles. The molecule has 0 aliphatic heterocycles. The van der Waals surface area contributed by atoms with Crippen molar-refractivity contribution in [1.29, 1.82) is 0 Å². The first-order valence-corrected chi connectivity index (χ1v) is 6.70. The summed E-state index contributed by atoms with van der Waals surface area (Å²) in [5.74, 6) is 0.155. The monoisotopic (exact) mass is 281 g/mol. The fraction of sp³-hybridized carbons (Fsp3) is 0.533. The highest BCUT2D eigenvalue weighted by Gasteiger charge is 2.23. The topological polar surface area (TPSA) is 78.8 Å². The third kappa shape index (κ3) is 4.42. The van der Waals surface area contributed by atoms with E-state index < -0.39 is 6.04 Å². The second kappa shape index (κ2) is 7.14. The standard InChI is InChI=1S/C15H23NO4/c1-9(2)7-13(15(19)20-4)16-10(3)12-8-11(17)5-6-14(12)18/h5-6,8-10,13,16-18H,7H2,1-4H3. The van der Waals surface area contributed by atoms with E-state index >= 15 is 0 Å². The van der Waals surface area contributed by atoms with Gasteiger partial charge in [0.05, 0.1) is 7.11 Å². The maximum atomic E-state index is 11.8. The van der Waals surface area contributed by atoms with Crippen LogP contribution in [0.3, 0.4) is 0 Å². The Morgan fingerprint density at radius 1 is 1.30 bits per heavy atom. The van der Waals surface area contributed by atoms with Crippen molar-refractivity contribution in [3.63, 3.8) is 0 Å². The molecule has 0 bridgehead atoms. The lowest BCUT2D eigenvalue weighted by atomic mass is 10.0. The third-order valence-electron chi connectivity index (χ3n) is 3.12. The summed E-state index contributed by atoms with van der Waals surface area (Å²) in [6, 6.07) is 3.59. The molecule has 0 amide bonds. The zero-order valence-electron chi connectivity index (χ0n) is 12.4. The lowest BCUT2D eigenvalue weighted by molar-refractivity contribution is -0.143. The van der Waals surface area contributed by atoms with Crippen molar-refractivity contribution in [2.24, 2.45) is 5.92 Å². The number of benzene rings is 1. The molecule has 0 aliphatic carbocycles. The lowest BCUT2D eigenvalue weighted by Gasteiger charge is -2.23. The summed E-state index contributed by atoms with van der Waals surface area (Å²) in [7, 11) is 1.35. The van der Waals surface area contributed by atoms with Gasteiger partial charge in [-0.25, -0.2) is 0 Å². The SMILES string of the molecule is COC(=O)C(CC(C)C)NC(C)c1cc(O)ccc1O. The third-order valence-corrected chi connectivity index (χ3v) is 3.12. The van der Waals surface area contributed by atoms with Crippen LogP contribution in [0.2, 0.25) is 0 Å². The van der Waals surface area contributed by atoms with Crippen molar-refractivity contribution in [3.8, 4) is 11.5 Å². The molecule has 5 nitrogen and oxygen atoms in total. The van der Waals surface area contributed by atoms with Gasteiger partial charge in [0.15, 0.2) is 0 Å². The van der Waals surface area contributed by atoms with E-state index in [2.05, 4.69) is 5.32 Å². The van der Waals surface area contributed by atoms with Gasteiger partial charge in [-0.2, -0.15) is 0 Å². The predicted octanol–water partition coefficient (Wildman–Crippen LogP) is 2.34. The van der Waals surface area contributed by atoms with Crippen molar-refractivity contribution in [1.82, 2.24) is 5.32 Å². The minimum atomic E-state index is -0.447. The van der Waals surface area contributed by atoms with E-state index in [0.29, 0.717) is 17.9 Å². The van der Waals surface area contributed by atoms with E-state index in [1.165, 1.54) is 25.3 Å². The minimum Gasteiger partial charge on any atom is -0.508 e. The molecule has 0 fully saturated rings. The van der Waals surface area contributed by atoms with E-state index in [4.69, 9.17) is 4.74 Å². The quantitative estimate of drug-likeness (QED) is 0.551. The predicted molar refractivity (Wildman–Crippen MR) is 76.6 cm³/mol. The summed E-state index contributed by atoms with van der Waals surface area (Å²) >= 11 is 0. The van der Waals surface area contributed by atoms with Crippen LogP contribution in [0.15, 0.2) is 18.2 Å². The van der Waals surface area contributed by atoms with E-state index in [-0.39, 0.29) is 23.5 Å². The van der Waals surface area contributed by atoms with Gasteiger partial charge in [0, 0.05) is 11.6 Å². The fourth-order valence-electron chi connectivity index (χ4n) is 2.13. The van der Waals surface area contributed by atoms with Crippen molar-refractivity contribution >= 4 is 5.97 Å². The number of aromatic hydroxyl groups is 2. The number of carbonyl (C=O) groups is 1. The largest absolute Gasteiger partial charge is 0.508 e. The average Bonchev–Trinajstić information content (AvgIpc) is 2.39. The number of nitrogens with one attached hydrogen (secondary N) is 1. The summed E-state index contributed by atoms with van der Waals surface area (Å²) in [6.45, 7) is 5.87. The molecule has 112 valence electrons. The summed E-state index contributed by atoms with van der Waals surface area (Å²) < 4.78 is 4.79. The molecule has 2 atom stereocenters. The number of rotatable bonds is 6. The first-order valence-electron chi connectivity index (χ1n) is 6.70. The van der Waals surface area contributed by atoms with Crippen LogP contribution in [0, 0.1) is 5.92 Å². The maximum absolute atomic E-state index is 11.8. The smallest absolute Gasteiger partial charge is 0.322 e. The zero-order valence-corrected chi connectivity index (χ0v) is 12.4. The first-order chi connectivity index (χ1) is 9.35. The highest BCUT2D eigenvalue weighted by molar-refractivity contribution is 5.75. The molecule has 0 heterocycles. The van der Waals surface area contributed by atoms with Crippen LogP contribution in [0.25, 0.3) is 0 Å². The zero-order chi connectivity index (χ0) is 15.3. The number of methoxy groups -OCH3 is 1. The van der Waals surface area contributed by atoms with Gasteiger partial charge >= 0.3 is 5.97 Å². The molecular weight excluding hydrogens is 258 g/mol. The number of hydrogen-bond acceptors (Lipinski definition) is 5. The van der Waals surface area contributed by atoms with Crippen LogP contribution in [-0.2, 0) is 9.53 Å². The van der Waals surface area contributed by atoms with Crippen molar-refractivity contribution in [2.45, 2.75) is 39.3 Å². The molecule has 5 heteroatoms. The van der Waals surface area contributed by atoms with Gasteiger partial charge in [-0.05, 0) is 37.5 Å². The first kappa shape index (κ1) is 16.3. The summed E-state index contributed by atoms with van der Waals surface area (Å²) in [5, 5.41) is 22.5. The van der Waals surface area contributed by atoms with Crippen LogP contribution in [0.1, 0.15) is 38.8 Å². The van der Waals surface area contributed by atoms with Gasteiger partial charge in [0.2, 0.25) is 0 Å². The summed E-state index contributed by atoms with van der Waals surface area (Å²) in [5.41, 5.74) is 0.544. The summed E-state index contributed by atoms with van der Waals surface area (Å²) in [6.07, 6.45) is 0.636. The number of esters is 1. The van der Waals surface area contributed by atoms with Crippen molar-refractivity contribution in [3.05, 3.63) is 23.8 Å². The Morgan fingerprint density at radius 3 is 2.50 bits per heavy atom. The lowest BCUT2D eigenvalue weighted by Crippen LogP contribution is -2.40. The molecule has 3 N–H and O–H groups in total. The van der Waals surface area contributed by atoms with E-state index in [1.807, 2.05) is 20.8 Å². The van der Waals surface area contributed by atoms with Crippen molar-refractivity contribution < 1.29 is 19.7 Å². The fourth-order valence-corrected chi connectivity index (χ4v) is 2.13. The molecule has 20 heavy (non-hydrogen) atoms. The van der Waals surface area contributed by atoms with Gasteiger partial charge in [-0.3, -0.25) is 10.1 Å². The van der Waals surface area contributed by atoms with Crippen LogP contribution >= 0.6 is 0 Å². The maximum Gasteiger partial charge on any atom is 0.322 e. The number of carbonyl (C=O) groups excluding carboxylic acids is 1. The van der Waals surface area contributed by atoms with E-state index in [1.54, 1.807) is 0 Å². The second-order valence-corrected chi connectivity index (χ2v) is 5.34. The Labute approximate surface area is 119 Å². The molecule has 0 radical (unpaired) electrons. The molecule has 1 rings (SSSR count). The molecule has 1 aromatic rings.